The molecule has 0 spiro atoms. The minimum Gasteiger partial charge on any atom is -0.352 e. The van der Waals surface area contributed by atoms with Crippen LogP contribution in [0.25, 0.3) is 0 Å². The van der Waals surface area contributed by atoms with Crippen molar-refractivity contribution >= 4 is 50.7 Å². The quantitative estimate of drug-likeness (QED) is 0.266. The zero-order valence-electron chi connectivity index (χ0n) is 23.1. The second-order valence-electron chi connectivity index (χ2n) is 9.67. The molecule has 3 aromatic carbocycles. The first-order chi connectivity index (χ1) is 19.0. The Morgan fingerprint density at radius 2 is 1.55 bits per heavy atom. The Morgan fingerprint density at radius 1 is 0.900 bits per heavy atom. The third kappa shape index (κ3) is 7.77. The molecule has 10 heteroatoms. The molecular weight excluding hydrogens is 569 g/mol. The lowest BCUT2D eigenvalue weighted by molar-refractivity contribution is -0.140. The van der Waals surface area contributed by atoms with Gasteiger partial charge in [-0.3, -0.25) is 13.9 Å². The Balaban J connectivity index is 2.06. The minimum atomic E-state index is -4.18. The molecule has 0 aromatic heterocycles. The monoisotopic (exact) mass is 603 g/mol. The number of hydrogen-bond donors (Lipinski definition) is 1. The number of anilines is 1. The van der Waals surface area contributed by atoms with Crippen LogP contribution in [0.15, 0.2) is 77.7 Å². The van der Waals surface area contributed by atoms with Crippen molar-refractivity contribution in [3.8, 4) is 0 Å². The molecule has 0 radical (unpaired) electrons. The molecule has 2 amide bonds. The first kappa shape index (κ1) is 31.5. The number of benzene rings is 3. The molecule has 0 saturated heterocycles. The number of nitrogens with zero attached hydrogens (tertiary/aromatic N) is 2. The van der Waals surface area contributed by atoms with Gasteiger partial charge in [-0.2, -0.15) is 0 Å². The highest BCUT2D eigenvalue weighted by molar-refractivity contribution is 7.92. The number of hydrogen-bond acceptors (Lipinski definition) is 4. The van der Waals surface area contributed by atoms with Crippen LogP contribution < -0.4 is 9.62 Å². The summed E-state index contributed by atoms with van der Waals surface area (Å²) < 4.78 is 28.7. The summed E-state index contributed by atoms with van der Waals surface area (Å²) in [7, 11) is -4.18. The highest BCUT2D eigenvalue weighted by Crippen LogP contribution is 2.31. The summed E-state index contributed by atoms with van der Waals surface area (Å²) in [5.41, 5.74) is 2.06. The Labute approximate surface area is 247 Å². The maximum Gasteiger partial charge on any atom is 0.264 e. The van der Waals surface area contributed by atoms with Gasteiger partial charge in [-0.25, -0.2) is 8.42 Å². The maximum atomic E-state index is 14.1. The van der Waals surface area contributed by atoms with Crippen LogP contribution in [0.5, 0.6) is 0 Å². The molecule has 0 aliphatic rings. The smallest absolute Gasteiger partial charge is 0.264 e. The predicted molar refractivity (Wildman–Crippen MR) is 161 cm³/mol. The molecule has 3 rings (SSSR count). The molecule has 0 bridgehead atoms. The first-order valence-corrected chi connectivity index (χ1v) is 15.4. The molecule has 0 heterocycles. The topological polar surface area (TPSA) is 86.8 Å². The molecule has 0 unspecified atom stereocenters. The van der Waals surface area contributed by atoms with Gasteiger partial charge >= 0.3 is 0 Å². The third-order valence-corrected chi connectivity index (χ3v) is 9.19. The summed E-state index contributed by atoms with van der Waals surface area (Å²) >= 11 is 12.4. The molecule has 1 N–H and O–H groups in total. The van der Waals surface area contributed by atoms with Gasteiger partial charge in [0, 0.05) is 12.6 Å². The number of amides is 2. The van der Waals surface area contributed by atoms with E-state index in [1.807, 2.05) is 52.0 Å². The molecule has 0 aliphatic carbocycles. The van der Waals surface area contributed by atoms with Crippen LogP contribution in [0, 0.1) is 6.92 Å². The molecule has 0 saturated carbocycles. The number of sulfonamides is 1. The van der Waals surface area contributed by atoms with Crippen molar-refractivity contribution in [2.75, 3.05) is 10.8 Å². The molecule has 3 aromatic rings. The zero-order valence-corrected chi connectivity index (χ0v) is 25.4. The van der Waals surface area contributed by atoms with Gasteiger partial charge in [-0.05, 0) is 62.6 Å². The van der Waals surface area contributed by atoms with Gasteiger partial charge in [0.05, 0.1) is 20.6 Å². The predicted octanol–water partition coefficient (Wildman–Crippen LogP) is 6.22. The lowest BCUT2D eigenvalue weighted by atomic mass is 10.1. The van der Waals surface area contributed by atoms with Crippen molar-refractivity contribution in [3.05, 3.63) is 94.0 Å². The van der Waals surface area contributed by atoms with Crippen molar-refractivity contribution in [2.45, 2.75) is 64.1 Å². The summed E-state index contributed by atoms with van der Waals surface area (Å²) in [5.74, 6) is -0.818. The Hall–Kier alpha value is -3.07. The maximum absolute atomic E-state index is 14.1. The van der Waals surface area contributed by atoms with Gasteiger partial charge in [0.15, 0.2) is 0 Å². The number of halogens is 2. The first-order valence-electron chi connectivity index (χ1n) is 13.2. The van der Waals surface area contributed by atoms with E-state index >= 15 is 0 Å². The highest BCUT2D eigenvalue weighted by atomic mass is 35.5. The van der Waals surface area contributed by atoms with E-state index in [2.05, 4.69) is 5.32 Å². The fourth-order valence-corrected chi connectivity index (χ4v) is 5.86. The summed E-state index contributed by atoms with van der Waals surface area (Å²) in [6.45, 7) is 7.23. The van der Waals surface area contributed by atoms with Crippen molar-refractivity contribution in [3.63, 3.8) is 0 Å². The highest BCUT2D eigenvalue weighted by Gasteiger charge is 2.34. The molecule has 214 valence electrons. The van der Waals surface area contributed by atoms with Crippen LogP contribution in [0.2, 0.25) is 10.0 Å². The average molecular weight is 605 g/mol. The van der Waals surface area contributed by atoms with E-state index in [1.54, 1.807) is 18.2 Å². The molecule has 40 heavy (non-hydrogen) atoms. The van der Waals surface area contributed by atoms with E-state index in [-0.39, 0.29) is 39.1 Å². The number of carbonyl (C=O) groups is 2. The van der Waals surface area contributed by atoms with E-state index in [0.29, 0.717) is 6.42 Å². The van der Waals surface area contributed by atoms with Crippen molar-refractivity contribution < 1.29 is 18.0 Å². The molecule has 0 fully saturated rings. The average Bonchev–Trinajstić information content (AvgIpc) is 2.94. The van der Waals surface area contributed by atoms with Crippen LogP contribution in [-0.2, 0) is 26.2 Å². The molecule has 0 aliphatic heterocycles. The molecule has 2 atom stereocenters. The van der Waals surface area contributed by atoms with Gasteiger partial charge in [0.1, 0.15) is 12.6 Å². The number of nitrogens with one attached hydrogen (secondary N) is 1. The van der Waals surface area contributed by atoms with E-state index in [0.717, 1.165) is 21.9 Å². The van der Waals surface area contributed by atoms with Crippen LogP contribution in [0.1, 0.15) is 44.7 Å². The summed E-state index contributed by atoms with van der Waals surface area (Å²) in [6.07, 6.45) is 1.08. The van der Waals surface area contributed by atoms with Crippen LogP contribution in [0.4, 0.5) is 5.69 Å². The van der Waals surface area contributed by atoms with Crippen LogP contribution >= 0.6 is 23.2 Å². The molecular formula is C30H35Cl2N3O4S. The number of rotatable bonds is 12. The number of carbonyl (C=O) groups excluding carboxylic acids is 2. The van der Waals surface area contributed by atoms with E-state index in [1.165, 1.54) is 35.2 Å². The fraction of sp³-hybridized carbons (Fsp3) is 0.333. The Bertz CT molecular complexity index is 1420. The van der Waals surface area contributed by atoms with E-state index < -0.39 is 28.5 Å². The van der Waals surface area contributed by atoms with Crippen LogP contribution in [-0.4, -0.2) is 43.8 Å². The van der Waals surface area contributed by atoms with Crippen molar-refractivity contribution in [1.29, 1.82) is 0 Å². The summed E-state index contributed by atoms with van der Waals surface area (Å²) in [4.78, 5) is 28.9. The number of aryl methyl sites for hydroxylation is 1. The third-order valence-electron chi connectivity index (χ3n) is 6.66. The lowest BCUT2D eigenvalue weighted by Crippen LogP contribution is -2.53. The van der Waals surface area contributed by atoms with Gasteiger partial charge in [0.25, 0.3) is 10.0 Å². The minimum absolute atomic E-state index is 0.0144. The fourth-order valence-electron chi connectivity index (χ4n) is 4.14. The standard InChI is InChI=1S/C30H35Cl2N3O4S/c1-5-22(4)33-30(37)28(6-2)34(19-23-14-12-21(3)13-15-23)29(36)20-35(24-16-17-26(31)27(32)18-24)40(38,39)25-10-8-7-9-11-25/h7-18,22,28H,5-6,19-20H2,1-4H3,(H,33,37)/t22-,28+/m1/s1. The SMILES string of the molecule is CC[C@@H](C)NC(=O)[C@H](CC)N(Cc1ccc(C)cc1)C(=O)CN(c1ccc(Cl)c(Cl)c1)S(=O)(=O)c1ccccc1. The van der Waals surface area contributed by atoms with E-state index in [9.17, 15) is 18.0 Å². The second kappa shape index (κ2) is 14.0. The summed E-state index contributed by atoms with van der Waals surface area (Å²) in [6, 6.07) is 19.0. The molecule has 7 nitrogen and oxygen atoms in total. The van der Waals surface area contributed by atoms with E-state index in [4.69, 9.17) is 23.2 Å². The second-order valence-corrected chi connectivity index (χ2v) is 12.3. The van der Waals surface area contributed by atoms with Gasteiger partial charge < -0.3 is 10.2 Å². The normalized spacial score (nSPS) is 12.8. The van der Waals surface area contributed by atoms with Crippen molar-refractivity contribution in [2.24, 2.45) is 0 Å². The Morgan fingerprint density at radius 3 is 2.12 bits per heavy atom. The van der Waals surface area contributed by atoms with Crippen LogP contribution in [0.3, 0.4) is 0 Å². The summed E-state index contributed by atoms with van der Waals surface area (Å²) in [5, 5.41) is 3.37. The van der Waals surface area contributed by atoms with Gasteiger partial charge in [-0.15, -0.1) is 0 Å². The Kier molecular flexibility index (Phi) is 11.0. The van der Waals surface area contributed by atoms with Gasteiger partial charge in [-0.1, -0.05) is 85.1 Å². The largest absolute Gasteiger partial charge is 0.352 e. The van der Waals surface area contributed by atoms with Gasteiger partial charge in [0.2, 0.25) is 11.8 Å². The zero-order chi connectivity index (χ0) is 29.4. The van der Waals surface area contributed by atoms with Crippen molar-refractivity contribution in [1.82, 2.24) is 10.2 Å². The lowest BCUT2D eigenvalue weighted by Gasteiger charge is -2.33.